The van der Waals surface area contributed by atoms with Gasteiger partial charge in [0.1, 0.15) is 18.9 Å². The average Bonchev–Trinajstić information content (AvgIpc) is 3.10. The van der Waals surface area contributed by atoms with E-state index in [1.807, 2.05) is 24.0 Å². The van der Waals surface area contributed by atoms with Gasteiger partial charge in [0.05, 0.1) is 6.54 Å². The Hall–Kier alpha value is -2.24. The van der Waals surface area contributed by atoms with Crippen molar-refractivity contribution in [1.82, 2.24) is 15.5 Å². The largest absolute Gasteiger partial charge is 0.492 e. The van der Waals surface area contributed by atoms with Crippen LogP contribution in [-0.4, -0.2) is 56.1 Å². The van der Waals surface area contributed by atoms with Gasteiger partial charge in [-0.3, -0.25) is 4.79 Å². The van der Waals surface area contributed by atoms with Gasteiger partial charge >= 0.3 is 0 Å². The molecule has 1 aliphatic rings. The number of nitrogens with one attached hydrogen (secondary N) is 2. The zero-order chi connectivity index (χ0) is 18.1. The van der Waals surface area contributed by atoms with Crippen LogP contribution in [0.1, 0.15) is 30.9 Å². The smallest absolute Gasteiger partial charge is 0.244 e. The van der Waals surface area contributed by atoms with Crippen LogP contribution in [0.4, 0.5) is 0 Å². The quantitative estimate of drug-likeness (QED) is 0.449. The van der Waals surface area contributed by atoms with Crippen molar-refractivity contribution < 1.29 is 9.53 Å². The van der Waals surface area contributed by atoms with Crippen molar-refractivity contribution in [2.24, 2.45) is 4.99 Å². The second-order valence-electron chi connectivity index (χ2n) is 6.38. The first-order chi connectivity index (χ1) is 12.1. The van der Waals surface area contributed by atoms with E-state index in [-0.39, 0.29) is 12.5 Å². The number of guanidine groups is 1. The average molecular weight is 346 g/mol. The van der Waals surface area contributed by atoms with Crippen LogP contribution in [0.3, 0.4) is 0 Å². The van der Waals surface area contributed by atoms with Gasteiger partial charge in [-0.1, -0.05) is 6.07 Å². The van der Waals surface area contributed by atoms with Gasteiger partial charge < -0.3 is 20.3 Å². The number of benzene rings is 1. The van der Waals surface area contributed by atoms with E-state index in [0.29, 0.717) is 19.1 Å². The van der Waals surface area contributed by atoms with Crippen LogP contribution >= 0.6 is 0 Å². The number of carbonyl (C=O) groups excluding carboxylic acids is 1. The SMILES string of the molecule is CCNC(=NCC(=O)N1CCCC1)NCCOc1cc(C)cc(C)c1. The summed E-state index contributed by atoms with van der Waals surface area (Å²) in [6.45, 7) is 9.95. The molecule has 0 aromatic heterocycles. The van der Waals surface area contributed by atoms with E-state index in [4.69, 9.17) is 4.74 Å². The molecule has 1 fully saturated rings. The number of amides is 1. The molecule has 1 aromatic carbocycles. The van der Waals surface area contributed by atoms with Crippen molar-refractivity contribution in [3.05, 3.63) is 29.3 Å². The van der Waals surface area contributed by atoms with Crippen LogP contribution in [0.15, 0.2) is 23.2 Å². The number of likely N-dealkylation sites (tertiary alicyclic amines) is 1. The molecular weight excluding hydrogens is 316 g/mol. The van der Waals surface area contributed by atoms with Crippen molar-refractivity contribution in [2.45, 2.75) is 33.6 Å². The van der Waals surface area contributed by atoms with Crippen molar-refractivity contribution >= 4 is 11.9 Å². The maximum atomic E-state index is 12.1. The van der Waals surface area contributed by atoms with Gasteiger partial charge in [0.15, 0.2) is 5.96 Å². The molecule has 0 bridgehead atoms. The second kappa shape index (κ2) is 9.91. The highest BCUT2D eigenvalue weighted by molar-refractivity contribution is 5.85. The van der Waals surface area contributed by atoms with E-state index in [0.717, 1.165) is 38.2 Å². The molecule has 1 amide bonds. The highest BCUT2D eigenvalue weighted by atomic mass is 16.5. The van der Waals surface area contributed by atoms with Crippen molar-refractivity contribution in [2.75, 3.05) is 39.3 Å². The summed E-state index contributed by atoms with van der Waals surface area (Å²) in [4.78, 5) is 18.3. The maximum Gasteiger partial charge on any atom is 0.244 e. The lowest BCUT2D eigenvalue weighted by Crippen LogP contribution is -2.40. The molecular formula is C19H30N4O2. The summed E-state index contributed by atoms with van der Waals surface area (Å²) in [5.41, 5.74) is 2.39. The van der Waals surface area contributed by atoms with E-state index in [9.17, 15) is 4.79 Å². The summed E-state index contributed by atoms with van der Waals surface area (Å²) >= 11 is 0. The van der Waals surface area contributed by atoms with Crippen LogP contribution in [0, 0.1) is 13.8 Å². The van der Waals surface area contributed by atoms with Gasteiger partial charge in [-0.25, -0.2) is 4.99 Å². The molecule has 0 unspecified atom stereocenters. The Balaban J connectivity index is 1.76. The van der Waals surface area contributed by atoms with E-state index in [1.165, 1.54) is 11.1 Å². The summed E-state index contributed by atoms with van der Waals surface area (Å²) in [7, 11) is 0. The first-order valence-electron chi connectivity index (χ1n) is 9.09. The van der Waals surface area contributed by atoms with Gasteiger partial charge in [-0.15, -0.1) is 0 Å². The van der Waals surface area contributed by atoms with E-state index in [2.05, 4.69) is 35.5 Å². The summed E-state index contributed by atoms with van der Waals surface area (Å²) in [5, 5.41) is 6.37. The van der Waals surface area contributed by atoms with Crippen molar-refractivity contribution in [1.29, 1.82) is 0 Å². The predicted octanol–water partition coefficient (Wildman–Crippen LogP) is 1.86. The molecule has 0 atom stereocenters. The van der Waals surface area contributed by atoms with Gasteiger partial charge in [-0.2, -0.15) is 0 Å². The molecule has 0 saturated carbocycles. The highest BCUT2D eigenvalue weighted by Crippen LogP contribution is 2.15. The standard InChI is InChI=1S/C19H30N4O2/c1-4-20-19(22-14-18(24)23-8-5-6-9-23)21-7-10-25-17-12-15(2)11-16(3)13-17/h11-13H,4-10,14H2,1-3H3,(H2,20,21,22). The molecule has 1 heterocycles. The predicted molar refractivity (Wildman–Crippen MR) is 101 cm³/mol. The Morgan fingerprint density at radius 2 is 1.84 bits per heavy atom. The Bertz CT molecular complexity index is 575. The third kappa shape index (κ3) is 6.64. The molecule has 0 radical (unpaired) electrons. The number of hydrogen-bond acceptors (Lipinski definition) is 3. The van der Waals surface area contributed by atoms with Crippen LogP contribution < -0.4 is 15.4 Å². The number of nitrogens with zero attached hydrogens (tertiary/aromatic N) is 2. The van der Waals surface area contributed by atoms with Crippen LogP contribution in [-0.2, 0) is 4.79 Å². The number of hydrogen-bond donors (Lipinski definition) is 2. The van der Waals surface area contributed by atoms with Gasteiger partial charge in [0.2, 0.25) is 5.91 Å². The zero-order valence-corrected chi connectivity index (χ0v) is 15.6. The second-order valence-corrected chi connectivity index (χ2v) is 6.38. The van der Waals surface area contributed by atoms with E-state index >= 15 is 0 Å². The molecule has 25 heavy (non-hydrogen) atoms. The molecule has 0 aliphatic carbocycles. The number of carbonyl (C=O) groups is 1. The minimum Gasteiger partial charge on any atom is -0.492 e. The molecule has 1 aromatic rings. The summed E-state index contributed by atoms with van der Waals surface area (Å²) in [6, 6.07) is 6.18. The van der Waals surface area contributed by atoms with E-state index < -0.39 is 0 Å². The van der Waals surface area contributed by atoms with E-state index in [1.54, 1.807) is 0 Å². The van der Waals surface area contributed by atoms with Crippen LogP contribution in [0.2, 0.25) is 0 Å². The first-order valence-corrected chi connectivity index (χ1v) is 9.09. The molecule has 1 aliphatic heterocycles. The monoisotopic (exact) mass is 346 g/mol. The maximum absolute atomic E-state index is 12.1. The Morgan fingerprint density at radius 1 is 1.16 bits per heavy atom. The topological polar surface area (TPSA) is 66.0 Å². The summed E-state index contributed by atoms with van der Waals surface area (Å²) in [5.74, 6) is 1.63. The summed E-state index contributed by atoms with van der Waals surface area (Å²) in [6.07, 6.45) is 2.20. The van der Waals surface area contributed by atoms with Crippen molar-refractivity contribution in [3.8, 4) is 5.75 Å². The van der Waals surface area contributed by atoms with Gasteiger partial charge in [0.25, 0.3) is 0 Å². The minimum absolute atomic E-state index is 0.0983. The lowest BCUT2D eigenvalue weighted by atomic mass is 10.1. The zero-order valence-electron chi connectivity index (χ0n) is 15.6. The van der Waals surface area contributed by atoms with Gasteiger partial charge in [-0.05, 0) is 56.9 Å². The lowest BCUT2D eigenvalue weighted by molar-refractivity contribution is -0.128. The Morgan fingerprint density at radius 3 is 2.48 bits per heavy atom. The number of ether oxygens (including phenoxy) is 1. The molecule has 2 rings (SSSR count). The number of aryl methyl sites for hydroxylation is 2. The Kier molecular flexibility index (Phi) is 7.57. The minimum atomic E-state index is 0.0983. The lowest BCUT2D eigenvalue weighted by Gasteiger charge is -2.15. The molecule has 2 N–H and O–H groups in total. The molecule has 138 valence electrons. The third-order valence-electron chi connectivity index (χ3n) is 4.03. The Labute approximate surface area is 150 Å². The van der Waals surface area contributed by atoms with Gasteiger partial charge in [0, 0.05) is 19.6 Å². The molecule has 0 spiro atoms. The van der Waals surface area contributed by atoms with Crippen LogP contribution in [0.5, 0.6) is 5.75 Å². The fraction of sp³-hybridized carbons (Fsp3) is 0.579. The van der Waals surface area contributed by atoms with Crippen molar-refractivity contribution in [3.63, 3.8) is 0 Å². The normalized spacial score (nSPS) is 14.5. The molecule has 6 nitrogen and oxygen atoms in total. The number of rotatable bonds is 7. The summed E-state index contributed by atoms with van der Waals surface area (Å²) < 4.78 is 5.78. The number of aliphatic imine (C=N–C) groups is 1. The molecule has 6 heteroatoms. The first kappa shape index (κ1) is 19.1. The fourth-order valence-electron chi connectivity index (χ4n) is 2.91. The third-order valence-corrected chi connectivity index (χ3v) is 4.03. The highest BCUT2D eigenvalue weighted by Gasteiger charge is 2.17. The van der Waals surface area contributed by atoms with Crippen LogP contribution in [0.25, 0.3) is 0 Å². The fourth-order valence-corrected chi connectivity index (χ4v) is 2.91. The molecule has 1 saturated heterocycles.